The molecule has 5 heterocycles. The van der Waals surface area contributed by atoms with Gasteiger partial charge in [-0.2, -0.15) is 0 Å². The molecule has 7 atom stereocenters. The van der Waals surface area contributed by atoms with Crippen LogP contribution in [0.2, 0.25) is 0 Å². The number of fused-ring (bicyclic) bond motifs is 25. The lowest BCUT2D eigenvalue weighted by Crippen LogP contribution is -2.54. The predicted octanol–water partition coefficient (Wildman–Crippen LogP) is 15.5. The molecule has 4 fully saturated rings. The molecule has 2 aliphatic heterocycles. The second-order valence-electron chi connectivity index (χ2n) is 22.0. The fourth-order valence-electron chi connectivity index (χ4n) is 14.9. The van der Waals surface area contributed by atoms with E-state index in [4.69, 9.17) is 14.7 Å². The van der Waals surface area contributed by atoms with Crippen LogP contribution in [0.1, 0.15) is 77.2 Å². The number of rotatable bonds is 4. The van der Waals surface area contributed by atoms with Crippen molar-refractivity contribution in [3.8, 4) is 56.2 Å². The topological polar surface area (TPSA) is 101 Å². The van der Waals surface area contributed by atoms with Gasteiger partial charge in [-0.05, 0) is 109 Å². The molecule has 6 aliphatic rings. The number of aromatic amines is 2. The SMILES string of the molecule is C[C@]12CCC(=O)C[C@@H]1CC[C@@H]1[C@@H]2CC[C@]2(C)[C@@H](OC(=O)/C=C/c3ccc(-c4c5nc(cc6[nH]c(cc7nc(cc8[nH]c4c4ccccc84)-c4ccccc4-7)c4ccccc64)-c4ccccc4-5)cc3)CC[C@@H]12. The number of nitrogens with zero attached hydrogens (tertiary/aromatic N) is 2. The van der Waals surface area contributed by atoms with Crippen LogP contribution >= 0.6 is 0 Å². The third-order valence-corrected chi connectivity index (χ3v) is 18.5. The zero-order valence-corrected chi connectivity index (χ0v) is 40.3. The lowest BCUT2D eigenvalue weighted by molar-refractivity contribution is -0.159. The number of nitrogens with one attached hydrogen (secondary N) is 2. The third-order valence-electron chi connectivity index (χ3n) is 18.5. The fourth-order valence-corrected chi connectivity index (χ4v) is 14.9. The molecule has 5 aromatic carbocycles. The molecular formula is C64H56N4O3. The van der Waals surface area contributed by atoms with Crippen LogP contribution in [0.25, 0.3) is 106 Å². The lowest BCUT2D eigenvalue weighted by Gasteiger charge is -2.60. The highest BCUT2D eigenvalue weighted by atomic mass is 16.5. The number of benzene rings is 5. The van der Waals surface area contributed by atoms with Crippen molar-refractivity contribution in [1.29, 1.82) is 0 Å². The average molecular weight is 929 g/mol. The van der Waals surface area contributed by atoms with Crippen molar-refractivity contribution in [3.63, 3.8) is 0 Å². The molecule has 350 valence electrons. The number of hydrogen-bond donors (Lipinski definition) is 2. The first-order chi connectivity index (χ1) is 34.7. The molecule has 0 saturated heterocycles. The summed E-state index contributed by atoms with van der Waals surface area (Å²) in [5.74, 6) is 2.63. The van der Waals surface area contributed by atoms with Gasteiger partial charge in [0, 0.05) is 90.2 Å². The maximum Gasteiger partial charge on any atom is 0.331 e. The molecule has 7 heteroatoms. The smallest absolute Gasteiger partial charge is 0.331 e. The maximum absolute atomic E-state index is 13.8. The highest BCUT2D eigenvalue weighted by Crippen LogP contribution is 2.66. The Labute approximate surface area is 413 Å². The summed E-state index contributed by atoms with van der Waals surface area (Å²) in [6.45, 7) is 4.90. The number of hydrogen-bond acceptors (Lipinski definition) is 5. The molecule has 7 nitrogen and oxygen atoms in total. The summed E-state index contributed by atoms with van der Waals surface area (Å²) in [5.41, 5.74) is 15.0. The van der Waals surface area contributed by atoms with E-state index < -0.39 is 0 Å². The predicted molar refractivity (Wildman–Crippen MR) is 286 cm³/mol. The van der Waals surface area contributed by atoms with Crippen LogP contribution in [0.15, 0.2) is 146 Å². The summed E-state index contributed by atoms with van der Waals surface area (Å²) >= 11 is 0. The highest BCUT2D eigenvalue weighted by molar-refractivity contribution is 6.15. The Balaban J connectivity index is 0.852. The van der Waals surface area contributed by atoms with E-state index in [0.717, 1.165) is 144 Å². The van der Waals surface area contributed by atoms with Gasteiger partial charge in [0.25, 0.3) is 0 Å². The van der Waals surface area contributed by atoms with Crippen LogP contribution in [0.3, 0.4) is 0 Å². The summed E-state index contributed by atoms with van der Waals surface area (Å²) in [5, 5.41) is 4.44. The monoisotopic (exact) mass is 928 g/mol. The molecule has 8 bridgehead atoms. The van der Waals surface area contributed by atoms with E-state index in [-0.39, 0.29) is 22.9 Å². The van der Waals surface area contributed by atoms with Gasteiger partial charge in [0.2, 0.25) is 0 Å². The van der Waals surface area contributed by atoms with Crippen LogP contribution in [0.4, 0.5) is 0 Å². The maximum atomic E-state index is 13.8. The Morgan fingerprint density at radius 2 is 1.18 bits per heavy atom. The van der Waals surface area contributed by atoms with E-state index in [2.05, 4.69) is 163 Å². The summed E-state index contributed by atoms with van der Waals surface area (Å²) in [7, 11) is 0. The Morgan fingerprint density at radius 1 is 0.606 bits per heavy atom. The zero-order chi connectivity index (χ0) is 47.6. The molecule has 8 aromatic rings. The number of aromatic nitrogens is 4. The van der Waals surface area contributed by atoms with Crippen LogP contribution in [0.5, 0.6) is 0 Å². The molecule has 0 radical (unpaired) electrons. The molecule has 0 unspecified atom stereocenters. The average Bonchev–Trinajstić information content (AvgIpc) is 4.20. The summed E-state index contributed by atoms with van der Waals surface area (Å²) < 4.78 is 6.43. The number of Topliss-reactive ketones (excluding diaryl/α,β-unsaturated/α-hetero) is 1. The largest absolute Gasteiger partial charge is 0.459 e. The zero-order valence-electron chi connectivity index (χ0n) is 40.3. The van der Waals surface area contributed by atoms with E-state index in [0.29, 0.717) is 29.5 Å². The van der Waals surface area contributed by atoms with Gasteiger partial charge in [0.15, 0.2) is 0 Å². The van der Waals surface area contributed by atoms with Crippen LogP contribution in [-0.4, -0.2) is 37.8 Å². The van der Waals surface area contributed by atoms with E-state index in [1.54, 1.807) is 6.08 Å². The van der Waals surface area contributed by atoms with Crippen molar-refractivity contribution < 1.29 is 14.3 Å². The second kappa shape index (κ2) is 16.1. The van der Waals surface area contributed by atoms with Gasteiger partial charge in [-0.25, -0.2) is 14.8 Å². The standard InChI is InChI=1S/C64H56N4O3/c1-63-31-29-40(69)33-39(63)24-25-49-50-26-27-58(64(50,2)32-30-51(49)63)71-59(70)28-21-37-19-22-38(23-20-37)60-61-47-17-9-7-15-45(47)56(67-61)35-54-43-13-5-3-11-41(43)52(65-54)34-53-42-12-4-6-14-44(42)55(66-53)36-57-46-16-8-10-18-48(46)62(60)68-57/h3-23,28,34-36,39,49-51,58,65,68H,24-27,29-33H2,1-2H3/b28-21+,52-34?,53-34?,54-35?,55-36?,56-35?,57-36?,61-60?,62-60?/t39-,49-,50-,51-,58-,63-,64-/m0/s1. The van der Waals surface area contributed by atoms with E-state index >= 15 is 0 Å². The number of carbonyl (C=O) groups is 2. The Morgan fingerprint density at radius 3 is 1.87 bits per heavy atom. The summed E-state index contributed by atoms with van der Waals surface area (Å²) in [6.07, 6.45) is 12.7. The molecule has 0 spiro atoms. The molecule has 2 N–H and O–H groups in total. The van der Waals surface area contributed by atoms with Gasteiger partial charge < -0.3 is 14.7 Å². The number of ketones is 1. The number of H-pyrrole nitrogens is 2. The first-order valence-corrected chi connectivity index (χ1v) is 26.0. The fraction of sp³-hybridized carbons (Fsp3) is 0.281. The normalized spacial score (nSPS) is 25.4. The first-order valence-electron chi connectivity index (χ1n) is 26.0. The minimum Gasteiger partial charge on any atom is -0.459 e. The molecule has 4 aliphatic carbocycles. The number of ether oxygens (including phenoxy) is 1. The Bertz CT molecular complexity index is 3750. The second-order valence-corrected chi connectivity index (χ2v) is 22.0. The van der Waals surface area contributed by atoms with Crippen LogP contribution in [0, 0.1) is 34.5 Å². The third kappa shape index (κ3) is 6.68. The molecule has 4 saturated carbocycles. The molecule has 3 aromatic heterocycles. The van der Waals surface area contributed by atoms with Gasteiger partial charge in [-0.15, -0.1) is 0 Å². The Hall–Kier alpha value is -7.38. The summed E-state index contributed by atoms with van der Waals surface area (Å²) in [4.78, 5) is 44.8. The quantitative estimate of drug-likeness (QED) is 0.135. The Kier molecular flexibility index (Phi) is 9.62. The van der Waals surface area contributed by atoms with Crippen molar-refractivity contribution >= 4 is 61.4 Å². The van der Waals surface area contributed by atoms with Gasteiger partial charge in [-0.3, -0.25) is 4.79 Å². The van der Waals surface area contributed by atoms with Gasteiger partial charge in [0.05, 0.1) is 28.3 Å². The molecule has 14 rings (SSSR count). The lowest BCUT2D eigenvalue weighted by atomic mass is 9.45. The number of esters is 1. The van der Waals surface area contributed by atoms with Gasteiger partial charge in [-0.1, -0.05) is 135 Å². The van der Waals surface area contributed by atoms with Gasteiger partial charge in [0.1, 0.15) is 11.9 Å². The van der Waals surface area contributed by atoms with Crippen LogP contribution in [-0.2, 0) is 14.3 Å². The van der Waals surface area contributed by atoms with Crippen molar-refractivity contribution in [2.45, 2.75) is 77.7 Å². The van der Waals surface area contributed by atoms with Crippen molar-refractivity contribution in [2.75, 3.05) is 0 Å². The van der Waals surface area contributed by atoms with Crippen molar-refractivity contribution in [2.24, 2.45) is 34.5 Å². The minimum absolute atomic E-state index is 0.00875. The van der Waals surface area contributed by atoms with E-state index in [1.807, 2.05) is 6.08 Å². The highest BCUT2D eigenvalue weighted by Gasteiger charge is 2.61. The van der Waals surface area contributed by atoms with Gasteiger partial charge >= 0.3 is 5.97 Å². The molecular weight excluding hydrogens is 873 g/mol. The van der Waals surface area contributed by atoms with E-state index in [1.165, 1.54) is 19.3 Å². The number of carbonyl (C=O) groups excluding carboxylic acids is 2. The van der Waals surface area contributed by atoms with Crippen molar-refractivity contribution in [1.82, 2.24) is 19.9 Å². The minimum atomic E-state index is -0.270. The van der Waals surface area contributed by atoms with Crippen molar-refractivity contribution in [3.05, 3.63) is 151 Å². The molecule has 0 amide bonds. The van der Waals surface area contributed by atoms with E-state index in [9.17, 15) is 9.59 Å². The first kappa shape index (κ1) is 42.5. The summed E-state index contributed by atoms with van der Waals surface area (Å²) in [6, 6.07) is 49.2. The van der Waals surface area contributed by atoms with Crippen LogP contribution < -0.4 is 0 Å². The molecule has 71 heavy (non-hydrogen) atoms.